The molecule has 0 N–H and O–H groups in total. The molecule has 0 saturated carbocycles. The van der Waals surface area contributed by atoms with Gasteiger partial charge < -0.3 is 14.2 Å². The summed E-state index contributed by atoms with van der Waals surface area (Å²) in [4.78, 5) is 6.75. The van der Waals surface area contributed by atoms with E-state index in [1.807, 2.05) is 0 Å². The summed E-state index contributed by atoms with van der Waals surface area (Å²) in [5.74, 6) is 4.11. The topological polar surface area (TPSA) is 82.1 Å². The van der Waals surface area contributed by atoms with Gasteiger partial charge in [0.1, 0.15) is 0 Å². The Balaban J connectivity index is 1.66. The molecular formula is C18H30N6O2S. The van der Waals surface area contributed by atoms with Gasteiger partial charge in [0.05, 0.1) is 19.0 Å². The van der Waals surface area contributed by atoms with Crippen molar-refractivity contribution in [3.63, 3.8) is 0 Å². The average Bonchev–Trinajstić information content (AvgIpc) is 3.25. The van der Waals surface area contributed by atoms with Gasteiger partial charge >= 0.3 is 0 Å². The van der Waals surface area contributed by atoms with Crippen LogP contribution in [0.15, 0.2) is 9.68 Å². The number of anilines is 1. The highest BCUT2D eigenvalue weighted by Gasteiger charge is 2.21. The summed E-state index contributed by atoms with van der Waals surface area (Å²) in [5, 5.41) is 13.9. The molecule has 2 aromatic rings. The summed E-state index contributed by atoms with van der Waals surface area (Å²) in [6, 6.07) is 0. The number of morpholine rings is 1. The second-order valence-electron chi connectivity index (χ2n) is 7.71. The van der Waals surface area contributed by atoms with Crippen LogP contribution in [0.3, 0.4) is 0 Å². The Kier molecular flexibility index (Phi) is 7.12. The molecule has 0 bridgehead atoms. The van der Waals surface area contributed by atoms with Gasteiger partial charge in [0.25, 0.3) is 0 Å². The molecule has 1 aliphatic rings. The summed E-state index contributed by atoms with van der Waals surface area (Å²) < 4.78 is 13.1. The van der Waals surface area contributed by atoms with Gasteiger partial charge in [-0.25, -0.2) is 0 Å². The van der Waals surface area contributed by atoms with Gasteiger partial charge in [-0.05, 0) is 18.3 Å². The molecule has 0 unspecified atom stereocenters. The number of rotatable bonds is 9. The predicted octanol–water partition coefficient (Wildman–Crippen LogP) is 3.03. The van der Waals surface area contributed by atoms with Gasteiger partial charge in [0, 0.05) is 26.1 Å². The Bertz CT molecular complexity index is 709. The highest BCUT2D eigenvalue weighted by molar-refractivity contribution is 7.98. The first kappa shape index (κ1) is 20.1. The molecule has 0 radical (unpaired) electrons. The van der Waals surface area contributed by atoms with Crippen molar-refractivity contribution in [2.24, 2.45) is 11.8 Å². The molecule has 150 valence electrons. The fraction of sp³-hybridized carbons (Fsp3) is 0.778. The monoisotopic (exact) mass is 394 g/mol. The number of hydrogen-bond acceptors (Lipinski definition) is 8. The van der Waals surface area contributed by atoms with E-state index in [2.05, 4.69) is 57.5 Å². The minimum atomic E-state index is 0.506. The molecule has 0 aliphatic carbocycles. The van der Waals surface area contributed by atoms with E-state index in [4.69, 9.17) is 9.26 Å². The zero-order valence-corrected chi connectivity index (χ0v) is 17.5. The van der Waals surface area contributed by atoms with Gasteiger partial charge in [-0.2, -0.15) is 4.98 Å². The largest absolute Gasteiger partial charge is 0.378 e. The van der Waals surface area contributed by atoms with Crippen LogP contribution in [0, 0.1) is 11.8 Å². The molecule has 3 heterocycles. The smallest absolute Gasteiger partial charge is 0.237 e. The van der Waals surface area contributed by atoms with Crippen molar-refractivity contribution in [3.8, 4) is 0 Å². The fourth-order valence-electron chi connectivity index (χ4n) is 2.90. The molecule has 0 aromatic carbocycles. The predicted molar refractivity (Wildman–Crippen MR) is 105 cm³/mol. The van der Waals surface area contributed by atoms with Crippen LogP contribution in [0.5, 0.6) is 0 Å². The van der Waals surface area contributed by atoms with Gasteiger partial charge in [-0.15, -0.1) is 10.2 Å². The lowest BCUT2D eigenvalue weighted by atomic mass is 10.1. The van der Waals surface area contributed by atoms with Crippen LogP contribution in [-0.4, -0.2) is 51.2 Å². The molecule has 0 amide bonds. The highest BCUT2D eigenvalue weighted by atomic mass is 32.2. The molecule has 3 rings (SSSR count). The second-order valence-corrected chi connectivity index (χ2v) is 8.65. The van der Waals surface area contributed by atoms with E-state index in [0.29, 0.717) is 23.5 Å². The number of ether oxygens (including phenoxy) is 1. The third kappa shape index (κ3) is 5.68. The maximum atomic E-state index is 5.46. The quantitative estimate of drug-likeness (QED) is 0.600. The SMILES string of the molecule is CC(C)CCc1noc(CSc2nnc(N3CCOCC3)n2CC(C)C)n1. The lowest BCUT2D eigenvalue weighted by Gasteiger charge is -2.28. The molecule has 0 atom stereocenters. The number of aromatic nitrogens is 5. The van der Waals surface area contributed by atoms with Crippen LogP contribution in [0.1, 0.15) is 45.8 Å². The first-order chi connectivity index (χ1) is 13.0. The van der Waals surface area contributed by atoms with Crippen molar-refractivity contribution in [1.82, 2.24) is 24.9 Å². The Morgan fingerprint density at radius 2 is 1.85 bits per heavy atom. The number of nitrogens with zero attached hydrogens (tertiary/aromatic N) is 6. The van der Waals surface area contributed by atoms with Crippen LogP contribution in [0.4, 0.5) is 5.95 Å². The molecule has 1 fully saturated rings. The van der Waals surface area contributed by atoms with Gasteiger partial charge in [-0.3, -0.25) is 4.57 Å². The van der Waals surface area contributed by atoms with E-state index in [9.17, 15) is 0 Å². The first-order valence-corrected chi connectivity index (χ1v) is 10.7. The average molecular weight is 395 g/mol. The van der Waals surface area contributed by atoms with Crippen LogP contribution < -0.4 is 4.90 Å². The van der Waals surface area contributed by atoms with Crippen molar-refractivity contribution in [1.29, 1.82) is 0 Å². The molecule has 9 heteroatoms. The van der Waals surface area contributed by atoms with Crippen molar-refractivity contribution < 1.29 is 9.26 Å². The fourth-order valence-corrected chi connectivity index (χ4v) is 3.68. The van der Waals surface area contributed by atoms with Crippen LogP contribution >= 0.6 is 11.8 Å². The standard InChI is InChI=1S/C18H30N6O2S/c1-13(2)5-6-15-19-16(26-22-15)12-27-18-21-20-17(24(18)11-14(3)4)23-7-9-25-10-8-23/h13-14H,5-12H2,1-4H3. The second kappa shape index (κ2) is 9.54. The molecule has 1 aliphatic heterocycles. The summed E-state index contributed by atoms with van der Waals surface area (Å²) in [5.41, 5.74) is 0. The maximum Gasteiger partial charge on any atom is 0.237 e. The van der Waals surface area contributed by atoms with Crippen LogP contribution in [0.25, 0.3) is 0 Å². The number of hydrogen-bond donors (Lipinski definition) is 0. The lowest BCUT2D eigenvalue weighted by molar-refractivity contribution is 0.121. The minimum absolute atomic E-state index is 0.506. The normalized spacial score (nSPS) is 15.3. The summed E-state index contributed by atoms with van der Waals surface area (Å²) in [7, 11) is 0. The third-order valence-corrected chi connectivity index (χ3v) is 5.27. The first-order valence-electron chi connectivity index (χ1n) is 9.73. The molecule has 2 aromatic heterocycles. The van der Waals surface area contributed by atoms with E-state index in [-0.39, 0.29) is 0 Å². The Morgan fingerprint density at radius 1 is 1.07 bits per heavy atom. The van der Waals surface area contributed by atoms with Crippen molar-refractivity contribution in [2.45, 2.75) is 58.0 Å². The maximum absolute atomic E-state index is 5.46. The Labute approximate surface area is 165 Å². The number of thioether (sulfide) groups is 1. The zero-order valence-electron chi connectivity index (χ0n) is 16.7. The van der Waals surface area contributed by atoms with E-state index in [0.717, 1.165) is 62.6 Å². The van der Waals surface area contributed by atoms with Crippen molar-refractivity contribution in [3.05, 3.63) is 11.7 Å². The molecule has 0 spiro atoms. The lowest BCUT2D eigenvalue weighted by Crippen LogP contribution is -2.38. The van der Waals surface area contributed by atoms with Crippen LogP contribution in [0.2, 0.25) is 0 Å². The Morgan fingerprint density at radius 3 is 2.56 bits per heavy atom. The zero-order chi connectivity index (χ0) is 19.2. The molecule has 27 heavy (non-hydrogen) atoms. The summed E-state index contributed by atoms with van der Waals surface area (Å²) in [6.07, 6.45) is 1.92. The van der Waals surface area contributed by atoms with E-state index in [1.54, 1.807) is 11.8 Å². The third-order valence-electron chi connectivity index (χ3n) is 4.32. The van der Waals surface area contributed by atoms with Crippen LogP contribution in [-0.2, 0) is 23.5 Å². The van der Waals surface area contributed by atoms with E-state index < -0.39 is 0 Å². The van der Waals surface area contributed by atoms with Crippen molar-refractivity contribution in [2.75, 3.05) is 31.2 Å². The molecular weight excluding hydrogens is 364 g/mol. The molecule has 8 nitrogen and oxygen atoms in total. The van der Waals surface area contributed by atoms with E-state index >= 15 is 0 Å². The van der Waals surface area contributed by atoms with Crippen molar-refractivity contribution >= 4 is 17.7 Å². The van der Waals surface area contributed by atoms with E-state index in [1.165, 1.54) is 0 Å². The van der Waals surface area contributed by atoms with Gasteiger partial charge in [-0.1, -0.05) is 44.6 Å². The van der Waals surface area contributed by atoms with Gasteiger partial charge in [0.2, 0.25) is 11.8 Å². The Hall–Kier alpha value is -1.61. The summed E-state index contributed by atoms with van der Waals surface area (Å²) >= 11 is 1.60. The summed E-state index contributed by atoms with van der Waals surface area (Å²) in [6.45, 7) is 12.9. The van der Waals surface area contributed by atoms with Gasteiger partial charge in [0.15, 0.2) is 11.0 Å². The highest BCUT2D eigenvalue weighted by Crippen LogP contribution is 2.26. The number of aryl methyl sites for hydroxylation is 1. The minimum Gasteiger partial charge on any atom is -0.378 e. The molecule has 1 saturated heterocycles.